The van der Waals surface area contributed by atoms with Crippen LogP contribution in [0.5, 0.6) is 0 Å². The van der Waals surface area contributed by atoms with Crippen molar-refractivity contribution in [3.05, 3.63) is 47.3 Å². The fourth-order valence-electron chi connectivity index (χ4n) is 4.34. The first-order valence-corrected chi connectivity index (χ1v) is 9.18. The van der Waals surface area contributed by atoms with E-state index in [-0.39, 0.29) is 18.3 Å². The number of carbonyl (C=O) groups is 1. The van der Waals surface area contributed by atoms with Crippen LogP contribution in [-0.4, -0.2) is 45.8 Å². The van der Waals surface area contributed by atoms with Crippen LogP contribution in [0.3, 0.4) is 0 Å². The number of benzene rings is 1. The van der Waals surface area contributed by atoms with Crippen LogP contribution in [0.25, 0.3) is 5.69 Å². The first kappa shape index (κ1) is 18.9. The molecule has 26 heavy (non-hydrogen) atoms. The van der Waals surface area contributed by atoms with E-state index in [2.05, 4.69) is 29.5 Å². The van der Waals surface area contributed by atoms with E-state index in [0.29, 0.717) is 23.7 Å². The highest BCUT2D eigenvalue weighted by Crippen LogP contribution is 2.30. The third-order valence-corrected chi connectivity index (χ3v) is 5.80. The third-order valence-electron chi connectivity index (χ3n) is 5.80. The number of carbonyl (C=O) groups excluding carboxylic acids is 1. The highest BCUT2D eigenvalue weighted by atomic mass is 35.5. The van der Waals surface area contributed by atoms with Crippen molar-refractivity contribution in [1.82, 2.24) is 20.0 Å². The quantitative estimate of drug-likeness (QED) is 0.897. The Morgan fingerprint density at radius 2 is 1.92 bits per heavy atom. The molecule has 0 aliphatic carbocycles. The average molecular weight is 375 g/mol. The molecule has 0 spiro atoms. The van der Waals surface area contributed by atoms with Gasteiger partial charge in [-0.1, -0.05) is 12.1 Å². The SMILES string of the molecule is Cc1cccc(-n2ncc(C(=O)N(C)C3CC4CCC(C3)N4)c2C)c1.Cl. The van der Waals surface area contributed by atoms with E-state index < -0.39 is 0 Å². The monoisotopic (exact) mass is 374 g/mol. The van der Waals surface area contributed by atoms with Crippen LogP contribution in [0.2, 0.25) is 0 Å². The molecule has 1 amide bonds. The Morgan fingerprint density at radius 3 is 2.58 bits per heavy atom. The molecule has 140 valence electrons. The summed E-state index contributed by atoms with van der Waals surface area (Å²) in [6.07, 6.45) is 6.32. The highest BCUT2D eigenvalue weighted by molar-refractivity contribution is 5.95. The van der Waals surface area contributed by atoms with Crippen LogP contribution >= 0.6 is 12.4 Å². The standard InChI is InChI=1S/C20H26N4O.ClH/c1-13-5-4-6-17(9-13)24-14(2)19(12-21-24)20(25)23(3)18-10-15-7-8-16(11-18)22-15;/h4-6,9,12,15-16,18,22H,7-8,10-11H2,1-3H3;1H. The topological polar surface area (TPSA) is 50.2 Å². The van der Waals surface area contributed by atoms with Crippen LogP contribution in [0.1, 0.15) is 47.3 Å². The maximum absolute atomic E-state index is 13.1. The van der Waals surface area contributed by atoms with E-state index in [4.69, 9.17) is 0 Å². The Hall–Kier alpha value is -1.85. The summed E-state index contributed by atoms with van der Waals surface area (Å²) in [5, 5.41) is 8.12. The second-order valence-electron chi connectivity index (χ2n) is 7.57. The summed E-state index contributed by atoms with van der Waals surface area (Å²) >= 11 is 0. The van der Waals surface area contributed by atoms with Gasteiger partial charge < -0.3 is 10.2 Å². The largest absolute Gasteiger partial charge is 0.338 e. The molecule has 2 unspecified atom stereocenters. The highest BCUT2D eigenvalue weighted by Gasteiger charge is 2.37. The van der Waals surface area contributed by atoms with Crippen LogP contribution in [-0.2, 0) is 0 Å². The molecule has 2 aliphatic heterocycles. The van der Waals surface area contributed by atoms with Crippen LogP contribution in [0.15, 0.2) is 30.5 Å². The van der Waals surface area contributed by atoms with Gasteiger partial charge in [0.2, 0.25) is 0 Å². The minimum absolute atomic E-state index is 0. The van der Waals surface area contributed by atoms with Gasteiger partial charge in [0, 0.05) is 25.2 Å². The molecule has 1 N–H and O–H groups in total. The van der Waals surface area contributed by atoms with Crippen molar-refractivity contribution in [3.8, 4) is 5.69 Å². The molecule has 4 rings (SSSR count). The zero-order valence-corrected chi connectivity index (χ0v) is 16.4. The maximum atomic E-state index is 13.1. The van der Waals surface area contributed by atoms with E-state index in [1.807, 2.05) is 35.7 Å². The molecular weight excluding hydrogens is 348 g/mol. The fourth-order valence-corrected chi connectivity index (χ4v) is 4.34. The number of aryl methyl sites for hydroxylation is 1. The summed E-state index contributed by atoms with van der Waals surface area (Å²) in [5.41, 5.74) is 3.79. The smallest absolute Gasteiger partial charge is 0.257 e. The number of hydrogen-bond acceptors (Lipinski definition) is 3. The van der Waals surface area contributed by atoms with Crippen molar-refractivity contribution in [2.45, 2.75) is 57.7 Å². The Morgan fingerprint density at radius 1 is 1.23 bits per heavy atom. The summed E-state index contributed by atoms with van der Waals surface area (Å²) in [6.45, 7) is 4.04. The van der Waals surface area contributed by atoms with Crippen LogP contribution in [0, 0.1) is 13.8 Å². The minimum Gasteiger partial charge on any atom is -0.338 e. The molecule has 0 saturated carbocycles. The lowest BCUT2D eigenvalue weighted by atomic mass is 9.98. The van der Waals surface area contributed by atoms with Crippen molar-refractivity contribution < 1.29 is 4.79 Å². The van der Waals surface area contributed by atoms with Gasteiger partial charge in [-0.2, -0.15) is 5.10 Å². The van der Waals surface area contributed by atoms with Crippen molar-refractivity contribution in [1.29, 1.82) is 0 Å². The molecule has 3 heterocycles. The summed E-state index contributed by atoms with van der Waals surface area (Å²) < 4.78 is 1.86. The lowest BCUT2D eigenvalue weighted by Crippen LogP contribution is -2.48. The first-order valence-electron chi connectivity index (χ1n) is 9.18. The van der Waals surface area contributed by atoms with Gasteiger partial charge in [0.05, 0.1) is 23.1 Å². The predicted molar refractivity (Wildman–Crippen MR) is 105 cm³/mol. The summed E-state index contributed by atoms with van der Waals surface area (Å²) in [5.74, 6) is 0.0858. The van der Waals surface area contributed by atoms with Gasteiger partial charge in [0.15, 0.2) is 0 Å². The zero-order chi connectivity index (χ0) is 17.6. The van der Waals surface area contributed by atoms with Gasteiger partial charge in [-0.05, 0) is 57.2 Å². The molecule has 5 nitrogen and oxygen atoms in total. The Balaban J connectivity index is 0.00000196. The molecule has 2 aromatic rings. The lowest BCUT2D eigenvalue weighted by Gasteiger charge is -2.35. The van der Waals surface area contributed by atoms with E-state index >= 15 is 0 Å². The lowest BCUT2D eigenvalue weighted by molar-refractivity contribution is 0.0681. The molecule has 2 aliphatic rings. The summed E-state index contributed by atoms with van der Waals surface area (Å²) in [4.78, 5) is 15.0. The molecule has 1 aromatic heterocycles. The second-order valence-corrected chi connectivity index (χ2v) is 7.57. The van der Waals surface area contributed by atoms with Crippen molar-refractivity contribution in [2.24, 2.45) is 0 Å². The van der Waals surface area contributed by atoms with Crippen LogP contribution < -0.4 is 5.32 Å². The molecule has 2 atom stereocenters. The molecule has 1 aromatic carbocycles. The number of nitrogens with one attached hydrogen (secondary N) is 1. The van der Waals surface area contributed by atoms with Gasteiger partial charge >= 0.3 is 0 Å². The van der Waals surface area contributed by atoms with E-state index in [1.165, 1.54) is 18.4 Å². The number of halogens is 1. The van der Waals surface area contributed by atoms with Gasteiger partial charge in [0.25, 0.3) is 5.91 Å². The average Bonchev–Trinajstić information content (AvgIpc) is 3.15. The van der Waals surface area contributed by atoms with Gasteiger partial charge in [0.1, 0.15) is 0 Å². The third kappa shape index (κ3) is 3.38. The number of piperidine rings is 1. The van der Waals surface area contributed by atoms with Crippen molar-refractivity contribution in [3.63, 3.8) is 0 Å². The normalized spacial score (nSPS) is 24.2. The van der Waals surface area contributed by atoms with Gasteiger partial charge in [-0.25, -0.2) is 4.68 Å². The number of rotatable bonds is 3. The van der Waals surface area contributed by atoms with E-state index in [0.717, 1.165) is 24.2 Å². The molecule has 6 heteroatoms. The van der Waals surface area contributed by atoms with E-state index in [1.54, 1.807) is 6.20 Å². The Labute approximate surface area is 161 Å². The Kier molecular flexibility index (Phi) is 5.39. The second kappa shape index (κ2) is 7.41. The number of fused-ring (bicyclic) bond motifs is 2. The fraction of sp³-hybridized carbons (Fsp3) is 0.500. The molecule has 2 saturated heterocycles. The van der Waals surface area contributed by atoms with Crippen LogP contribution in [0.4, 0.5) is 0 Å². The predicted octanol–water partition coefficient (Wildman–Crippen LogP) is 3.27. The zero-order valence-electron chi connectivity index (χ0n) is 15.6. The number of nitrogens with zero attached hydrogens (tertiary/aromatic N) is 3. The summed E-state index contributed by atoms with van der Waals surface area (Å²) in [6, 6.07) is 9.67. The summed E-state index contributed by atoms with van der Waals surface area (Å²) in [7, 11) is 1.95. The van der Waals surface area contributed by atoms with Gasteiger partial charge in [-0.15, -0.1) is 12.4 Å². The number of aromatic nitrogens is 2. The number of hydrogen-bond donors (Lipinski definition) is 1. The Bertz CT molecular complexity index is 791. The molecule has 2 fully saturated rings. The molecule has 2 bridgehead atoms. The molecule has 0 radical (unpaired) electrons. The first-order chi connectivity index (χ1) is 12.0. The number of amides is 1. The van der Waals surface area contributed by atoms with Crippen molar-refractivity contribution in [2.75, 3.05) is 7.05 Å². The molecular formula is C20H27ClN4O. The minimum atomic E-state index is 0. The van der Waals surface area contributed by atoms with Gasteiger partial charge in [-0.3, -0.25) is 4.79 Å². The van der Waals surface area contributed by atoms with E-state index in [9.17, 15) is 4.79 Å². The van der Waals surface area contributed by atoms with Crippen molar-refractivity contribution >= 4 is 18.3 Å². The maximum Gasteiger partial charge on any atom is 0.257 e.